The molecule has 5 heteroatoms. The van der Waals surface area contributed by atoms with Gasteiger partial charge in [0.1, 0.15) is 22.3 Å². The minimum absolute atomic E-state index is 0. The summed E-state index contributed by atoms with van der Waals surface area (Å²) in [6.07, 6.45) is 3.78. The predicted octanol–water partition coefficient (Wildman–Crippen LogP) is 13.8. The van der Waals surface area contributed by atoms with E-state index in [1.165, 1.54) is 27.5 Å². The Hall–Kier alpha value is -6.39. The number of aromatic nitrogens is 2. The molecule has 7 aromatic carbocycles. The van der Waals surface area contributed by atoms with Crippen molar-refractivity contribution in [3.05, 3.63) is 181 Å². The normalized spacial score (nSPS) is 11.3. The molecule has 4 aromatic heterocycles. The number of nitrogens with zero attached hydrogens (tertiary/aromatic N) is 2. The Balaban J connectivity index is 0.000000217. The zero-order chi connectivity index (χ0) is 37.0. The number of rotatable bonds is 3. The largest absolute Gasteiger partial charge is 0.456 e. The van der Waals surface area contributed by atoms with Gasteiger partial charge in [-0.1, -0.05) is 73.2 Å². The van der Waals surface area contributed by atoms with Gasteiger partial charge in [-0.15, -0.1) is 71.3 Å². The molecule has 56 heavy (non-hydrogen) atoms. The van der Waals surface area contributed by atoms with Crippen LogP contribution in [0.25, 0.3) is 99.1 Å². The number of benzene rings is 7. The van der Waals surface area contributed by atoms with Crippen LogP contribution < -0.4 is 0 Å². The second-order valence-corrected chi connectivity index (χ2v) is 14.2. The van der Waals surface area contributed by atoms with E-state index >= 15 is 0 Å². The van der Waals surface area contributed by atoms with Crippen molar-refractivity contribution in [3.8, 4) is 33.6 Å². The van der Waals surface area contributed by atoms with Gasteiger partial charge in [-0.05, 0) is 94.3 Å². The molecule has 0 aliphatic rings. The fourth-order valence-electron chi connectivity index (χ4n) is 7.53. The third-order valence-corrected chi connectivity index (χ3v) is 10.6. The zero-order valence-electron chi connectivity index (χ0n) is 31.0. The first-order chi connectivity index (χ1) is 27.0. The first kappa shape index (κ1) is 35.3. The van der Waals surface area contributed by atoms with Crippen molar-refractivity contribution < 1.29 is 28.9 Å². The quantitative estimate of drug-likeness (QED) is 0.166. The van der Waals surface area contributed by atoms with E-state index in [-0.39, 0.29) is 20.1 Å². The molecule has 4 heterocycles. The van der Waals surface area contributed by atoms with E-state index in [2.05, 4.69) is 152 Å². The van der Waals surface area contributed by atoms with Crippen molar-refractivity contribution in [1.82, 2.24) is 9.97 Å². The standard InChI is InChI=1S/C37H20NO2.C14H14N.Ir/c1-2-8-22(9-3-1)31-18-27(14-15-38-31)35-36-30-17-24-11-5-7-13-26(24)20-33(30)39-34(36)21-29-28-16-23-10-4-6-12-25(23)19-32(28)40-37(29)35;1-10-4-6-13(7-5-10)14-8-11(2)12(3)9-15-14;/h1-8,10-21H;4-6,8-9H,1-3H3;/q2*-1;. The predicted molar refractivity (Wildman–Crippen MR) is 226 cm³/mol. The molecule has 11 rings (SSSR count). The summed E-state index contributed by atoms with van der Waals surface area (Å²) in [7, 11) is 0. The maximum Gasteiger partial charge on any atom is 0.144 e. The summed E-state index contributed by atoms with van der Waals surface area (Å²) < 4.78 is 13.3. The summed E-state index contributed by atoms with van der Waals surface area (Å²) in [6.45, 7) is 6.24. The molecule has 271 valence electrons. The monoisotopic (exact) mass is 899 g/mol. The van der Waals surface area contributed by atoms with E-state index in [0.717, 1.165) is 88.3 Å². The first-order valence-corrected chi connectivity index (χ1v) is 18.5. The van der Waals surface area contributed by atoms with E-state index in [0.29, 0.717) is 0 Å². The minimum atomic E-state index is 0. The van der Waals surface area contributed by atoms with E-state index in [1.807, 2.05) is 42.7 Å². The number of aryl methyl sites for hydroxylation is 3. The molecule has 0 unspecified atom stereocenters. The second-order valence-electron chi connectivity index (χ2n) is 14.2. The Morgan fingerprint density at radius 2 is 1.18 bits per heavy atom. The van der Waals surface area contributed by atoms with Crippen molar-refractivity contribution in [2.45, 2.75) is 20.8 Å². The molecule has 4 nitrogen and oxygen atoms in total. The third-order valence-electron chi connectivity index (χ3n) is 10.6. The summed E-state index contributed by atoms with van der Waals surface area (Å²) in [5.74, 6) is 0. The van der Waals surface area contributed by atoms with Crippen LogP contribution in [0.2, 0.25) is 0 Å². The molecule has 1 radical (unpaired) electrons. The van der Waals surface area contributed by atoms with Crippen molar-refractivity contribution >= 4 is 65.4 Å². The maximum atomic E-state index is 6.74. The van der Waals surface area contributed by atoms with E-state index in [9.17, 15) is 0 Å². The Morgan fingerprint density at radius 3 is 1.86 bits per heavy atom. The summed E-state index contributed by atoms with van der Waals surface area (Å²) in [5, 5.41) is 8.90. The maximum absolute atomic E-state index is 6.74. The zero-order valence-corrected chi connectivity index (χ0v) is 33.4. The molecular formula is C51H34IrN2O2-2. The SMILES string of the molecule is Cc1c[c-]c(-c2cc(C)c(C)cn2)cc1.[Ir].[c-]1ccccc1-c1cc(-c2c3oc4cc5ccccc5cc4c3cc3oc4cc5ccccc5cc4c23)ccn1. The number of hydrogen-bond donors (Lipinski definition) is 0. The van der Waals surface area contributed by atoms with Crippen LogP contribution in [0.4, 0.5) is 0 Å². The second kappa shape index (κ2) is 14.4. The molecule has 0 aliphatic heterocycles. The van der Waals surface area contributed by atoms with Gasteiger partial charge in [0.25, 0.3) is 0 Å². The van der Waals surface area contributed by atoms with Crippen molar-refractivity contribution in [3.63, 3.8) is 0 Å². The van der Waals surface area contributed by atoms with Gasteiger partial charge in [0, 0.05) is 59.6 Å². The molecule has 11 aromatic rings. The fourth-order valence-corrected chi connectivity index (χ4v) is 7.53. The van der Waals surface area contributed by atoms with Crippen LogP contribution in [0.1, 0.15) is 16.7 Å². The van der Waals surface area contributed by atoms with Gasteiger partial charge in [0.2, 0.25) is 0 Å². The molecule has 0 fully saturated rings. The van der Waals surface area contributed by atoms with Gasteiger partial charge >= 0.3 is 0 Å². The van der Waals surface area contributed by atoms with Gasteiger partial charge in [0.15, 0.2) is 0 Å². The molecule has 0 bridgehead atoms. The smallest absolute Gasteiger partial charge is 0.144 e. The number of hydrogen-bond acceptors (Lipinski definition) is 4. The molecule has 0 atom stereocenters. The van der Waals surface area contributed by atoms with Crippen LogP contribution in [-0.2, 0) is 20.1 Å². The molecule has 0 aliphatic carbocycles. The molecule has 0 N–H and O–H groups in total. The van der Waals surface area contributed by atoms with Crippen LogP contribution in [0.5, 0.6) is 0 Å². The Kier molecular flexibility index (Phi) is 9.05. The topological polar surface area (TPSA) is 52.1 Å². The minimum Gasteiger partial charge on any atom is -0.456 e. The first-order valence-electron chi connectivity index (χ1n) is 18.5. The molecule has 0 saturated carbocycles. The summed E-state index contributed by atoms with van der Waals surface area (Å²) >= 11 is 0. The Labute approximate surface area is 337 Å². The van der Waals surface area contributed by atoms with Crippen LogP contribution in [0, 0.1) is 32.9 Å². The number of furan rings is 2. The van der Waals surface area contributed by atoms with Gasteiger partial charge in [-0.2, -0.15) is 0 Å². The number of fused-ring (bicyclic) bond motifs is 8. The van der Waals surface area contributed by atoms with Crippen LogP contribution in [0.3, 0.4) is 0 Å². The van der Waals surface area contributed by atoms with Crippen molar-refractivity contribution in [1.29, 1.82) is 0 Å². The van der Waals surface area contributed by atoms with Gasteiger partial charge < -0.3 is 18.8 Å². The average Bonchev–Trinajstić information content (AvgIpc) is 3.76. The van der Waals surface area contributed by atoms with Crippen LogP contribution in [-0.4, -0.2) is 9.97 Å². The number of pyridine rings is 2. The third kappa shape index (κ3) is 6.25. The summed E-state index contributed by atoms with van der Waals surface area (Å²) in [5.41, 5.74) is 13.1. The van der Waals surface area contributed by atoms with Crippen LogP contribution in [0.15, 0.2) is 161 Å². The molecule has 0 spiro atoms. The van der Waals surface area contributed by atoms with Gasteiger partial charge in [-0.25, -0.2) is 0 Å². The van der Waals surface area contributed by atoms with E-state index < -0.39 is 0 Å². The van der Waals surface area contributed by atoms with Crippen molar-refractivity contribution in [2.24, 2.45) is 0 Å². The fraction of sp³-hybridized carbons (Fsp3) is 0.0588. The Morgan fingerprint density at radius 1 is 0.518 bits per heavy atom. The van der Waals surface area contributed by atoms with Gasteiger partial charge in [-0.3, -0.25) is 0 Å². The van der Waals surface area contributed by atoms with Crippen LogP contribution >= 0.6 is 0 Å². The Bertz CT molecular complexity index is 3220. The molecule has 0 amide bonds. The van der Waals surface area contributed by atoms with Gasteiger partial charge in [0.05, 0.1) is 0 Å². The molecular weight excluding hydrogens is 865 g/mol. The van der Waals surface area contributed by atoms with Crippen molar-refractivity contribution in [2.75, 3.05) is 0 Å². The van der Waals surface area contributed by atoms with E-state index in [1.54, 1.807) is 0 Å². The summed E-state index contributed by atoms with van der Waals surface area (Å²) in [4.78, 5) is 9.09. The summed E-state index contributed by atoms with van der Waals surface area (Å²) in [6, 6.07) is 54.6. The van der Waals surface area contributed by atoms with E-state index in [4.69, 9.17) is 8.83 Å². The molecule has 0 saturated heterocycles. The average molecular weight is 899 g/mol.